The van der Waals surface area contributed by atoms with Crippen molar-refractivity contribution in [3.05, 3.63) is 76.4 Å². The van der Waals surface area contributed by atoms with Crippen molar-refractivity contribution in [1.82, 2.24) is 29.7 Å². The van der Waals surface area contributed by atoms with Crippen LogP contribution in [0.4, 0.5) is 13.2 Å². The van der Waals surface area contributed by atoms with Gasteiger partial charge in [-0.15, -0.1) is 0 Å². The molecule has 4 aromatic rings. The maximum atomic E-state index is 13.0. The number of hydrogen-bond donors (Lipinski definition) is 0. The van der Waals surface area contributed by atoms with E-state index in [2.05, 4.69) is 15.2 Å². The standard InChI is InChI=1S/C24H21F3N6O3/c25-24(26,27)17-5-3-4-16(12-17)23-29-21(36-30-23)14-31-8-10-32(11-9-31)22(35)15-33-19-7-2-1-6-18(19)20(34)13-28-33/h1-7,12-13H,8-11,14-15H2. The van der Waals surface area contributed by atoms with E-state index in [1.165, 1.54) is 23.0 Å². The van der Waals surface area contributed by atoms with E-state index in [0.29, 0.717) is 43.6 Å². The first-order valence-corrected chi connectivity index (χ1v) is 11.2. The average Bonchev–Trinajstić information content (AvgIpc) is 3.34. The van der Waals surface area contributed by atoms with Gasteiger partial charge < -0.3 is 9.42 Å². The van der Waals surface area contributed by atoms with E-state index in [9.17, 15) is 22.8 Å². The second-order valence-electron chi connectivity index (χ2n) is 8.43. The number of nitrogens with zero attached hydrogens (tertiary/aromatic N) is 6. The van der Waals surface area contributed by atoms with Crippen LogP contribution in [0.3, 0.4) is 0 Å². The van der Waals surface area contributed by atoms with Crippen LogP contribution in [0.2, 0.25) is 0 Å². The maximum Gasteiger partial charge on any atom is 0.416 e. The minimum atomic E-state index is -4.46. The number of hydrogen-bond acceptors (Lipinski definition) is 7. The molecule has 0 spiro atoms. The van der Waals surface area contributed by atoms with Crippen LogP contribution in [-0.2, 0) is 24.1 Å². The van der Waals surface area contributed by atoms with E-state index in [1.54, 1.807) is 29.2 Å². The Labute approximate surface area is 202 Å². The lowest BCUT2D eigenvalue weighted by atomic mass is 10.1. The van der Waals surface area contributed by atoms with Gasteiger partial charge in [-0.2, -0.15) is 23.3 Å². The van der Waals surface area contributed by atoms with E-state index in [0.717, 1.165) is 12.1 Å². The van der Waals surface area contributed by atoms with Gasteiger partial charge in [-0.05, 0) is 24.3 Å². The Morgan fingerprint density at radius 2 is 1.81 bits per heavy atom. The summed E-state index contributed by atoms with van der Waals surface area (Å²) in [7, 11) is 0. The first-order valence-electron chi connectivity index (χ1n) is 11.2. The fourth-order valence-electron chi connectivity index (χ4n) is 4.13. The smallest absolute Gasteiger partial charge is 0.339 e. The summed E-state index contributed by atoms with van der Waals surface area (Å²) < 4.78 is 45.7. The van der Waals surface area contributed by atoms with Gasteiger partial charge >= 0.3 is 6.18 Å². The number of carbonyl (C=O) groups excluding carboxylic acids is 1. The zero-order valence-electron chi connectivity index (χ0n) is 19.0. The minimum absolute atomic E-state index is 0.0187. The van der Waals surface area contributed by atoms with Crippen molar-refractivity contribution in [1.29, 1.82) is 0 Å². The normalized spacial score (nSPS) is 14.9. The third-order valence-corrected chi connectivity index (χ3v) is 6.05. The zero-order chi connectivity index (χ0) is 25.3. The van der Waals surface area contributed by atoms with Crippen LogP contribution < -0.4 is 5.43 Å². The summed E-state index contributed by atoms with van der Waals surface area (Å²) in [5, 5.41) is 8.44. The number of carbonyl (C=O) groups is 1. The third-order valence-electron chi connectivity index (χ3n) is 6.05. The second kappa shape index (κ2) is 9.53. The first kappa shape index (κ1) is 23.7. The molecule has 1 amide bonds. The van der Waals surface area contributed by atoms with Gasteiger partial charge in [-0.3, -0.25) is 19.2 Å². The number of amides is 1. The summed E-state index contributed by atoms with van der Waals surface area (Å²) >= 11 is 0. The van der Waals surface area contributed by atoms with Gasteiger partial charge in [0.05, 0.1) is 23.8 Å². The molecular weight excluding hydrogens is 477 g/mol. The maximum absolute atomic E-state index is 13.0. The zero-order valence-corrected chi connectivity index (χ0v) is 19.0. The minimum Gasteiger partial charge on any atom is -0.339 e. The van der Waals surface area contributed by atoms with Crippen molar-refractivity contribution in [2.75, 3.05) is 26.2 Å². The Kier molecular flexibility index (Phi) is 6.27. The lowest BCUT2D eigenvalue weighted by molar-refractivity contribution is -0.137. The highest BCUT2D eigenvalue weighted by atomic mass is 19.4. The Hall–Kier alpha value is -4.06. The average molecular weight is 498 g/mol. The number of benzene rings is 2. The van der Waals surface area contributed by atoms with Crippen LogP contribution in [0, 0.1) is 0 Å². The van der Waals surface area contributed by atoms with E-state index < -0.39 is 11.7 Å². The molecule has 9 nitrogen and oxygen atoms in total. The van der Waals surface area contributed by atoms with Crippen molar-refractivity contribution >= 4 is 16.8 Å². The largest absolute Gasteiger partial charge is 0.416 e. The van der Waals surface area contributed by atoms with Crippen LogP contribution >= 0.6 is 0 Å². The highest BCUT2D eigenvalue weighted by molar-refractivity contribution is 5.81. The van der Waals surface area contributed by atoms with E-state index in [1.807, 2.05) is 4.90 Å². The van der Waals surface area contributed by atoms with E-state index >= 15 is 0 Å². The van der Waals surface area contributed by atoms with E-state index in [-0.39, 0.29) is 35.2 Å². The molecule has 2 aromatic carbocycles. The quantitative estimate of drug-likeness (QED) is 0.417. The molecule has 0 radical (unpaired) electrons. The Bertz CT molecular complexity index is 1460. The summed E-state index contributed by atoms with van der Waals surface area (Å²) in [6.07, 6.45) is -3.24. The topological polar surface area (TPSA) is 97.4 Å². The monoisotopic (exact) mass is 498 g/mol. The van der Waals surface area contributed by atoms with Crippen molar-refractivity contribution in [3.63, 3.8) is 0 Å². The van der Waals surface area contributed by atoms with Crippen molar-refractivity contribution in [2.45, 2.75) is 19.3 Å². The van der Waals surface area contributed by atoms with Gasteiger partial charge in [-0.25, -0.2) is 0 Å². The Balaban J connectivity index is 1.18. The molecule has 5 rings (SSSR count). The number of alkyl halides is 3. The molecule has 0 aliphatic carbocycles. The molecule has 0 N–H and O–H groups in total. The van der Waals surface area contributed by atoms with Crippen LogP contribution in [-0.4, -0.2) is 61.8 Å². The molecular formula is C24H21F3N6O3. The second-order valence-corrected chi connectivity index (χ2v) is 8.43. The summed E-state index contributed by atoms with van der Waals surface area (Å²) in [6.45, 7) is 2.42. The van der Waals surface area contributed by atoms with Crippen LogP contribution in [0.25, 0.3) is 22.3 Å². The highest BCUT2D eigenvalue weighted by Crippen LogP contribution is 2.31. The molecule has 36 heavy (non-hydrogen) atoms. The molecule has 1 saturated heterocycles. The predicted molar refractivity (Wildman–Crippen MR) is 123 cm³/mol. The van der Waals surface area contributed by atoms with Crippen molar-refractivity contribution in [3.8, 4) is 11.4 Å². The number of rotatable bonds is 5. The van der Waals surface area contributed by atoms with Crippen molar-refractivity contribution in [2.24, 2.45) is 0 Å². The van der Waals surface area contributed by atoms with Crippen LogP contribution in [0.15, 0.2) is 64.0 Å². The molecule has 0 saturated carbocycles. The lowest BCUT2D eigenvalue weighted by Crippen LogP contribution is -2.49. The van der Waals surface area contributed by atoms with Crippen LogP contribution in [0.5, 0.6) is 0 Å². The number of fused-ring (bicyclic) bond motifs is 1. The summed E-state index contributed by atoms with van der Waals surface area (Å²) in [4.78, 5) is 32.9. The summed E-state index contributed by atoms with van der Waals surface area (Å²) in [5.41, 5.74) is -0.151. The molecule has 2 aromatic heterocycles. The first-order chi connectivity index (χ1) is 17.3. The number of piperazine rings is 1. The fraction of sp³-hybridized carbons (Fsp3) is 0.292. The van der Waals surface area contributed by atoms with Gasteiger partial charge in [0.25, 0.3) is 0 Å². The molecule has 3 heterocycles. The van der Waals surface area contributed by atoms with Gasteiger partial charge in [0, 0.05) is 37.1 Å². The Morgan fingerprint density at radius 3 is 2.58 bits per heavy atom. The molecule has 12 heteroatoms. The predicted octanol–water partition coefficient (Wildman–Crippen LogP) is 2.81. The molecule has 1 aliphatic rings. The van der Waals surface area contributed by atoms with Crippen molar-refractivity contribution < 1.29 is 22.5 Å². The summed E-state index contributed by atoms with van der Waals surface area (Å²) in [6, 6.07) is 11.8. The van der Waals surface area contributed by atoms with Gasteiger partial charge in [0.2, 0.25) is 23.1 Å². The highest BCUT2D eigenvalue weighted by Gasteiger charge is 2.31. The van der Waals surface area contributed by atoms with E-state index in [4.69, 9.17) is 4.52 Å². The molecule has 0 atom stereocenters. The van der Waals surface area contributed by atoms with Gasteiger partial charge in [0.1, 0.15) is 6.54 Å². The molecule has 0 unspecified atom stereocenters. The number of aromatic nitrogens is 4. The number of para-hydroxylation sites is 1. The molecule has 1 fully saturated rings. The number of halogens is 3. The van der Waals surface area contributed by atoms with Crippen LogP contribution in [0.1, 0.15) is 11.5 Å². The fourth-order valence-corrected chi connectivity index (χ4v) is 4.13. The molecule has 1 aliphatic heterocycles. The van der Waals surface area contributed by atoms with Gasteiger partial charge in [-0.1, -0.05) is 29.4 Å². The lowest BCUT2D eigenvalue weighted by Gasteiger charge is -2.34. The third kappa shape index (κ3) is 4.98. The molecule has 0 bridgehead atoms. The summed E-state index contributed by atoms with van der Waals surface area (Å²) in [5.74, 6) is 0.262. The Morgan fingerprint density at radius 1 is 1.03 bits per heavy atom. The SMILES string of the molecule is O=C(Cn1ncc(=O)c2ccccc21)N1CCN(Cc2nc(-c3cccc(C(F)(F)F)c3)no2)CC1. The van der Waals surface area contributed by atoms with Gasteiger partial charge in [0.15, 0.2) is 0 Å². The molecule has 186 valence electrons.